The second-order valence-corrected chi connectivity index (χ2v) is 6.19. The minimum atomic E-state index is -0.160. The number of hydrogen-bond acceptors (Lipinski definition) is 3. The molecule has 0 fully saturated rings. The maximum absolute atomic E-state index is 12.1. The lowest BCUT2D eigenvalue weighted by Crippen LogP contribution is -2.30. The number of rotatable bonds is 8. The minimum absolute atomic E-state index is 0.0664. The van der Waals surface area contributed by atoms with Gasteiger partial charge >= 0.3 is 0 Å². The highest BCUT2D eigenvalue weighted by molar-refractivity contribution is 6.30. The van der Waals surface area contributed by atoms with E-state index in [-0.39, 0.29) is 11.8 Å². The van der Waals surface area contributed by atoms with Crippen molar-refractivity contribution in [3.8, 4) is 0 Å². The summed E-state index contributed by atoms with van der Waals surface area (Å²) < 4.78 is 0. The quantitative estimate of drug-likeness (QED) is 0.737. The number of likely N-dealkylation sites (N-methyl/N-ethyl adjacent to an activating group) is 1. The van der Waals surface area contributed by atoms with Crippen molar-refractivity contribution in [2.75, 3.05) is 20.1 Å². The molecule has 6 heteroatoms. The largest absolute Gasteiger partial charge is 0.352 e. The molecule has 0 aliphatic carbocycles. The van der Waals surface area contributed by atoms with Crippen LogP contribution in [0.2, 0.25) is 5.02 Å². The highest BCUT2D eigenvalue weighted by atomic mass is 35.5. The van der Waals surface area contributed by atoms with E-state index in [0.29, 0.717) is 36.5 Å². The summed E-state index contributed by atoms with van der Waals surface area (Å²) in [6.45, 7) is 1.09. The van der Waals surface area contributed by atoms with Crippen molar-refractivity contribution in [3.05, 3.63) is 64.9 Å². The van der Waals surface area contributed by atoms with E-state index in [1.165, 1.54) is 0 Å². The Labute approximate surface area is 153 Å². The summed E-state index contributed by atoms with van der Waals surface area (Å²) in [5.41, 5.74) is 1.53. The van der Waals surface area contributed by atoms with Gasteiger partial charge in [-0.1, -0.05) is 17.7 Å². The lowest BCUT2D eigenvalue weighted by Gasteiger charge is -2.17. The van der Waals surface area contributed by atoms with E-state index in [9.17, 15) is 9.59 Å². The second kappa shape index (κ2) is 9.79. The van der Waals surface area contributed by atoms with Crippen LogP contribution in [-0.2, 0) is 11.2 Å². The first-order chi connectivity index (χ1) is 12.1. The molecule has 0 radical (unpaired) electrons. The Balaban J connectivity index is 1.64. The number of hydrogen-bond donors (Lipinski definition) is 1. The van der Waals surface area contributed by atoms with Crippen molar-refractivity contribution >= 4 is 23.4 Å². The summed E-state index contributed by atoms with van der Waals surface area (Å²) >= 11 is 5.79. The Hall–Kier alpha value is -2.40. The third-order valence-electron chi connectivity index (χ3n) is 3.81. The van der Waals surface area contributed by atoms with Crippen LogP contribution in [0.4, 0.5) is 0 Å². The van der Waals surface area contributed by atoms with Gasteiger partial charge in [-0.15, -0.1) is 0 Å². The average Bonchev–Trinajstić information content (AvgIpc) is 2.64. The molecule has 1 aromatic heterocycles. The summed E-state index contributed by atoms with van der Waals surface area (Å²) in [6.07, 6.45) is 3.49. The second-order valence-electron chi connectivity index (χ2n) is 5.75. The van der Waals surface area contributed by atoms with Gasteiger partial charge in [0.25, 0.3) is 5.91 Å². The summed E-state index contributed by atoms with van der Waals surface area (Å²) in [7, 11) is 1.79. The Kier molecular flexibility index (Phi) is 7.41. The van der Waals surface area contributed by atoms with Crippen LogP contribution in [0.5, 0.6) is 0 Å². The van der Waals surface area contributed by atoms with Crippen LogP contribution >= 0.6 is 11.6 Å². The molecule has 0 unspecified atom stereocenters. The van der Waals surface area contributed by atoms with Gasteiger partial charge in [0.1, 0.15) is 0 Å². The van der Waals surface area contributed by atoms with E-state index in [2.05, 4.69) is 10.3 Å². The molecule has 0 aliphatic heterocycles. The molecule has 1 N–H and O–H groups in total. The molecule has 0 atom stereocenters. The minimum Gasteiger partial charge on any atom is -0.352 e. The lowest BCUT2D eigenvalue weighted by molar-refractivity contribution is -0.129. The molecule has 0 saturated carbocycles. The molecule has 2 aromatic rings. The molecule has 2 rings (SSSR count). The lowest BCUT2D eigenvalue weighted by atomic mass is 10.2. The third kappa shape index (κ3) is 6.55. The molecule has 0 aliphatic rings. The van der Waals surface area contributed by atoms with Crippen LogP contribution < -0.4 is 5.32 Å². The van der Waals surface area contributed by atoms with Gasteiger partial charge in [0, 0.05) is 55.5 Å². The van der Waals surface area contributed by atoms with E-state index in [1.807, 2.05) is 18.2 Å². The number of aromatic nitrogens is 1. The number of carbonyl (C=O) groups is 2. The van der Waals surface area contributed by atoms with Crippen LogP contribution in [0.1, 0.15) is 28.9 Å². The molecule has 1 heterocycles. The first-order valence-corrected chi connectivity index (χ1v) is 8.61. The van der Waals surface area contributed by atoms with Gasteiger partial charge in [-0.2, -0.15) is 0 Å². The predicted octanol–water partition coefficient (Wildman–Crippen LogP) is 2.95. The van der Waals surface area contributed by atoms with Crippen LogP contribution in [0, 0.1) is 0 Å². The summed E-state index contributed by atoms with van der Waals surface area (Å²) in [5.74, 6) is -0.0932. The molecule has 2 amide bonds. The molecule has 0 bridgehead atoms. The molecule has 132 valence electrons. The number of pyridine rings is 1. The van der Waals surface area contributed by atoms with Gasteiger partial charge in [0.05, 0.1) is 0 Å². The number of halogens is 1. The molecule has 1 aromatic carbocycles. The average molecular weight is 360 g/mol. The van der Waals surface area contributed by atoms with Gasteiger partial charge in [-0.25, -0.2) is 0 Å². The van der Waals surface area contributed by atoms with Gasteiger partial charge < -0.3 is 10.2 Å². The van der Waals surface area contributed by atoms with Crippen LogP contribution in [0.25, 0.3) is 0 Å². The highest BCUT2D eigenvalue weighted by Gasteiger charge is 2.09. The topological polar surface area (TPSA) is 62.3 Å². The SMILES string of the molecule is CN(CCc1ccccn1)C(=O)CCCNC(=O)c1ccc(Cl)cc1. The molecule has 5 nitrogen and oxygen atoms in total. The molecule has 0 saturated heterocycles. The smallest absolute Gasteiger partial charge is 0.251 e. The molecule has 0 spiro atoms. The Morgan fingerprint density at radius 2 is 1.92 bits per heavy atom. The zero-order valence-corrected chi connectivity index (χ0v) is 15.0. The van der Waals surface area contributed by atoms with Gasteiger partial charge in [0.15, 0.2) is 0 Å². The fourth-order valence-electron chi connectivity index (χ4n) is 2.29. The maximum atomic E-state index is 12.1. The Morgan fingerprint density at radius 3 is 2.60 bits per heavy atom. The van der Waals surface area contributed by atoms with E-state index >= 15 is 0 Å². The van der Waals surface area contributed by atoms with Crippen LogP contribution in [0.3, 0.4) is 0 Å². The first-order valence-electron chi connectivity index (χ1n) is 8.24. The Morgan fingerprint density at radius 1 is 1.16 bits per heavy atom. The van der Waals surface area contributed by atoms with Crippen molar-refractivity contribution in [3.63, 3.8) is 0 Å². The number of nitrogens with zero attached hydrogens (tertiary/aromatic N) is 2. The van der Waals surface area contributed by atoms with E-state index in [1.54, 1.807) is 42.4 Å². The van der Waals surface area contributed by atoms with Crippen molar-refractivity contribution in [1.82, 2.24) is 15.2 Å². The molecular formula is C19H22ClN3O2. The van der Waals surface area contributed by atoms with E-state index < -0.39 is 0 Å². The summed E-state index contributed by atoms with van der Waals surface area (Å²) in [4.78, 5) is 30.0. The number of benzene rings is 1. The fourth-order valence-corrected chi connectivity index (χ4v) is 2.41. The maximum Gasteiger partial charge on any atom is 0.251 e. The predicted molar refractivity (Wildman–Crippen MR) is 98.6 cm³/mol. The number of amides is 2. The van der Waals surface area contributed by atoms with Crippen LogP contribution in [0.15, 0.2) is 48.7 Å². The van der Waals surface area contributed by atoms with Gasteiger partial charge in [-0.3, -0.25) is 14.6 Å². The normalized spacial score (nSPS) is 10.3. The van der Waals surface area contributed by atoms with Crippen molar-refractivity contribution in [2.45, 2.75) is 19.3 Å². The summed E-state index contributed by atoms with van der Waals surface area (Å²) in [5, 5.41) is 3.40. The molecule has 25 heavy (non-hydrogen) atoms. The van der Waals surface area contributed by atoms with Crippen molar-refractivity contribution in [2.24, 2.45) is 0 Å². The Bertz CT molecular complexity index is 690. The van der Waals surface area contributed by atoms with Crippen LogP contribution in [-0.4, -0.2) is 41.8 Å². The fraction of sp³-hybridized carbons (Fsp3) is 0.316. The van der Waals surface area contributed by atoms with Gasteiger partial charge in [-0.05, 0) is 42.8 Å². The third-order valence-corrected chi connectivity index (χ3v) is 4.07. The summed E-state index contributed by atoms with van der Waals surface area (Å²) in [6, 6.07) is 12.5. The zero-order valence-electron chi connectivity index (χ0n) is 14.2. The standard InChI is InChI=1S/C19H22ClN3O2/c1-23(14-11-17-5-2-3-12-21-17)18(24)6-4-13-22-19(25)15-7-9-16(20)10-8-15/h2-3,5,7-10,12H,4,6,11,13-14H2,1H3,(H,22,25). The van der Waals surface area contributed by atoms with Crippen molar-refractivity contribution < 1.29 is 9.59 Å². The van der Waals surface area contributed by atoms with Gasteiger partial charge in [0.2, 0.25) is 5.91 Å². The number of carbonyl (C=O) groups excluding carboxylic acids is 2. The van der Waals surface area contributed by atoms with Crippen molar-refractivity contribution in [1.29, 1.82) is 0 Å². The zero-order chi connectivity index (χ0) is 18.1. The highest BCUT2D eigenvalue weighted by Crippen LogP contribution is 2.09. The number of nitrogens with one attached hydrogen (secondary N) is 1. The van der Waals surface area contributed by atoms with E-state index in [0.717, 1.165) is 12.1 Å². The molecular weight excluding hydrogens is 338 g/mol. The monoisotopic (exact) mass is 359 g/mol. The van der Waals surface area contributed by atoms with E-state index in [4.69, 9.17) is 11.6 Å². The first kappa shape index (κ1) is 18.9.